The Morgan fingerprint density at radius 3 is 2.27 bits per heavy atom. The Hall–Kier alpha value is -3.02. The maximum atomic E-state index is 12.1. The van der Waals surface area contributed by atoms with E-state index in [2.05, 4.69) is 5.32 Å². The van der Waals surface area contributed by atoms with Crippen LogP contribution in [0.2, 0.25) is 0 Å². The summed E-state index contributed by atoms with van der Waals surface area (Å²) in [5.41, 5.74) is 0.989. The Bertz CT molecular complexity index is 702. The zero-order chi connectivity index (χ0) is 18.8. The standard InChI is InChI=1S/C20H24N2O4/c1-3-25-18-11-9-16(10-12-18)14-22(2)20(24)13-21-19(23)15-26-17-7-5-4-6-8-17/h4-12H,3,13-15H2,1-2H3,(H,21,23). The van der Waals surface area contributed by atoms with E-state index in [0.717, 1.165) is 11.3 Å². The summed E-state index contributed by atoms with van der Waals surface area (Å²) in [5.74, 6) is 0.904. The molecule has 2 aromatic rings. The predicted molar refractivity (Wildman–Crippen MR) is 99.0 cm³/mol. The van der Waals surface area contributed by atoms with Gasteiger partial charge in [-0.15, -0.1) is 0 Å². The summed E-state index contributed by atoms with van der Waals surface area (Å²) >= 11 is 0. The molecule has 138 valence electrons. The first-order chi connectivity index (χ1) is 12.6. The van der Waals surface area contributed by atoms with Crippen molar-refractivity contribution in [3.63, 3.8) is 0 Å². The zero-order valence-corrected chi connectivity index (χ0v) is 15.1. The van der Waals surface area contributed by atoms with Gasteiger partial charge in [0, 0.05) is 13.6 Å². The topological polar surface area (TPSA) is 67.9 Å². The fourth-order valence-electron chi connectivity index (χ4n) is 2.25. The molecule has 1 N–H and O–H groups in total. The molecule has 0 aromatic heterocycles. The molecule has 0 unspecified atom stereocenters. The molecule has 2 aromatic carbocycles. The molecule has 0 fully saturated rings. The Labute approximate surface area is 153 Å². The summed E-state index contributed by atoms with van der Waals surface area (Å²) in [7, 11) is 1.70. The third-order valence-corrected chi connectivity index (χ3v) is 3.63. The molecule has 0 heterocycles. The summed E-state index contributed by atoms with van der Waals surface area (Å²) in [6.07, 6.45) is 0. The zero-order valence-electron chi connectivity index (χ0n) is 15.1. The van der Waals surface area contributed by atoms with E-state index in [-0.39, 0.29) is 25.0 Å². The van der Waals surface area contributed by atoms with Crippen LogP contribution in [0.15, 0.2) is 54.6 Å². The Kier molecular flexibility index (Phi) is 7.49. The van der Waals surface area contributed by atoms with Crippen LogP contribution in [0.1, 0.15) is 12.5 Å². The number of benzene rings is 2. The Morgan fingerprint density at radius 2 is 1.62 bits per heavy atom. The highest BCUT2D eigenvalue weighted by Crippen LogP contribution is 2.13. The van der Waals surface area contributed by atoms with Gasteiger partial charge >= 0.3 is 0 Å². The van der Waals surface area contributed by atoms with E-state index < -0.39 is 0 Å². The van der Waals surface area contributed by atoms with Crippen molar-refractivity contribution in [1.29, 1.82) is 0 Å². The smallest absolute Gasteiger partial charge is 0.258 e. The largest absolute Gasteiger partial charge is 0.494 e. The summed E-state index contributed by atoms with van der Waals surface area (Å²) in [4.78, 5) is 25.5. The maximum absolute atomic E-state index is 12.1. The number of carbonyl (C=O) groups is 2. The summed E-state index contributed by atoms with van der Waals surface area (Å²) in [6, 6.07) is 16.6. The van der Waals surface area contributed by atoms with Gasteiger partial charge in [-0.2, -0.15) is 0 Å². The van der Waals surface area contributed by atoms with Gasteiger partial charge in [0.05, 0.1) is 13.2 Å². The third-order valence-electron chi connectivity index (χ3n) is 3.63. The first-order valence-electron chi connectivity index (χ1n) is 8.48. The maximum Gasteiger partial charge on any atom is 0.258 e. The van der Waals surface area contributed by atoms with Crippen LogP contribution in [0, 0.1) is 0 Å². The minimum absolute atomic E-state index is 0.0650. The second-order valence-corrected chi connectivity index (χ2v) is 5.71. The second kappa shape index (κ2) is 10.1. The normalized spacial score (nSPS) is 10.1. The number of nitrogens with one attached hydrogen (secondary N) is 1. The van der Waals surface area contributed by atoms with Crippen molar-refractivity contribution in [1.82, 2.24) is 10.2 Å². The predicted octanol–water partition coefficient (Wildman–Crippen LogP) is 2.24. The van der Waals surface area contributed by atoms with Gasteiger partial charge in [0.15, 0.2) is 6.61 Å². The van der Waals surface area contributed by atoms with Crippen molar-refractivity contribution >= 4 is 11.8 Å². The molecule has 0 aliphatic carbocycles. The van der Waals surface area contributed by atoms with Crippen molar-refractivity contribution in [2.24, 2.45) is 0 Å². The van der Waals surface area contributed by atoms with Crippen LogP contribution in [-0.4, -0.2) is 43.5 Å². The summed E-state index contributed by atoms with van der Waals surface area (Å²) < 4.78 is 10.7. The number of ether oxygens (including phenoxy) is 2. The van der Waals surface area contributed by atoms with E-state index in [1.165, 1.54) is 0 Å². The monoisotopic (exact) mass is 356 g/mol. The third kappa shape index (κ3) is 6.47. The van der Waals surface area contributed by atoms with E-state index in [1.807, 2.05) is 49.4 Å². The average Bonchev–Trinajstić information content (AvgIpc) is 2.67. The number of rotatable bonds is 9. The van der Waals surface area contributed by atoms with Gasteiger partial charge in [-0.25, -0.2) is 0 Å². The van der Waals surface area contributed by atoms with E-state index in [9.17, 15) is 9.59 Å². The van der Waals surface area contributed by atoms with Crippen LogP contribution in [0.25, 0.3) is 0 Å². The lowest BCUT2D eigenvalue weighted by molar-refractivity contribution is -0.132. The van der Waals surface area contributed by atoms with Crippen LogP contribution in [0.5, 0.6) is 11.5 Å². The minimum atomic E-state index is -0.336. The minimum Gasteiger partial charge on any atom is -0.494 e. The highest BCUT2D eigenvalue weighted by Gasteiger charge is 2.11. The van der Waals surface area contributed by atoms with Crippen molar-refractivity contribution in [2.45, 2.75) is 13.5 Å². The number of carbonyl (C=O) groups excluding carboxylic acids is 2. The molecule has 0 atom stereocenters. The lowest BCUT2D eigenvalue weighted by Gasteiger charge is -2.18. The van der Waals surface area contributed by atoms with Gasteiger partial charge in [-0.3, -0.25) is 9.59 Å². The molecule has 6 heteroatoms. The molecule has 0 spiro atoms. The van der Waals surface area contributed by atoms with E-state index >= 15 is 0 Å². The average molecular weight is 356 g/mol. The number of amides is 2. The van der Waals surface area contributed by atoms with Gasteiger partial charge in [-0.05, 0) is 36.8 Å². The lowest BCUT2D eigenvalue weighted by Crippen LogP contribution is -2.39. The molecule has 0 saturated heterocycles. The summed E-state index contributed by atoms with van der Waals surface area (Å²) in [6.45, 7) is 2.82. The van der Waals surface area contributed by atoms with E-state index in [4.69, 9.17) is 9.47 Å². The van der Waals surface area contributed by atoms with Crippen molar-refractivity contribution in [2.75, 3.05) is 26.8 Å². The Morgan fingerprint density at radius 1 is 0.962 bits per heavy atom. The summed E-state index contributed by atoms with van der Waals surface area (Å²) in [5, 5.41) is 2.57. The number of likely N-dealkylation sites (N-methyl/N-ethyl adjacent to an activating group) is 1. The first kappa shape index (κ1) is 19.3. The van der Waals surface area contributed by atoms with Crippen LogP contribution in [0.3, 0.4) is 0 Å². The van der Waals surface area contributed by atoms with Crippen LogP contribution >= 0.6 is 0 Å². The van der Waals surface area contributed by atoms with Gasteiger partial charge < -0.3 is 19.7 Å². The highest BCUT2D eigenvalue weighted by molar-refractivity contribution is 5.85. The van der Waals surface area contributed by atoms with Crippen LogP contribution in [-0.2, 0) is 16.1 Å². The molecule has 0 radical (unpaired) electrons. The number of hydrogen-bond acceptors (Lipinski definition) is 4. The van der Waals surface area contributed by atoms with Crippen molar-refractivity contribution < 1.29 is 19.1 Å². The molecule has 0 saturated carbocycles. The van der Waals surface area contributed by atoms with Crippen LogP contribution < -0.4 is 14.8 Å². The van der Waals surface area contributed by atoms with Gasteiger partial charge in [-0.1, -0.05) is 30.3 Å². The van der Waals surface area contributed by atoms with E-state index in [0.29, 0.717) is 18.9 Å². The molecule has 0 aliphatic heterocycles. The molecule has 26 heavy (non-hydrogen) atoms. The van der Waals surface area contributed by atoms with Crippen LogP contribution in [0.4, 0.5) is 0 Å². The lowest BCUT2D eigenvalue weighted by atomic mass is 10.2. The molecular formula is C20H24N2O4. The number of hydrogen-bond donors (Lipinski definition) is 1. The fraction of sp³-hybridized carbons (Fsp3) is 0.300. The van der Waals surface area contributed by atoms with Gasteiger partial charge in [0.1, 0.15) is 11.5 Å². The van der Waals surface area contributed by atoms with E-state index in [1.54, 1.807) is 24.1 Å². The highest BCUT2D eigenvalue weighted by atomic mass is 16.5. The molecule has 2 amide bonds. The second-order valence-electron chi connectivity index (χ2n) is 5.71. The molecule has 0 aliphatic rings. The van der Waals surface area contributed by atoms with Gasteiger partial charge in [0.2, 0.25) is 5.91 Å². The quantitative estimate of drug-likeness (QED) is 0.748. The fourth-order valence-corrected chi connectivity index (χ4v) is 2.25. The Balaban J connectivity index is 1.71. The molecule has 0 bridgehead atoms. The SMILES string of the molecule is CCOc1ccc(CN(C)C(=O)CNC(=O)COc2ccccc2)cc1. The first-order valence-corrected chi connectivity index (χ1v) is 8.48. The van der Waals surface area contributed by atoms with Gasteiger partial charge in [0.25, 0.3) is 5.91 Å². The molecule has 2 rings (SSSR count). The molecular weight excluding hydrogens is 332 g/mol. The number of nitrogens with zero attached hydrogens (tertiary/aromatic N) is 1. The molecule has 6 nitrogen and oxygen atoms in total. The van der Waals surface area contributed by atoms with Crippen molar-refractivity contribution in [3.8, 4) is 11.5 Å². The van der Waals surface area contributed by atoms with Crippen molar-refractivity contribution in [3.05, 3.63) is 60.2 Å². The number of para-hydroxylation sites is 1.